The van der Waals surface area contributed by atoms with Crippen LogP contribution in [-0.4, -0.2) is 12.1 Å². The molecule has 0 heterocycles. The van der Waals surface area contributed by atoms with Crippen molar-refractivity contribution in [3.63, 3.8) is 0 Å². The lowest BCUT2D eigenvalue weighted by Crippen LogP contribution is -2.39. The van der Waals surface area contributed by atoms with Gasteiger partial charge in [-0.1, -0.05) is 32.6 Å². The summed E-state index contributed by atoms with van der Waals surface area (Å²) in [5, 5.41) is 3.85. The molecule has 0 unspecified atom stereocenters. The standard InChI is InChI=1S/C12H23N/c1-10-5-4-8-12(9-10)13-11-6-2-3-7-11/h10-13H,2-9H2,1H3/t10-,12+/m0/s1. The molecule has 0 aromatic rings. The topological polar surface area (TPSA) is 12.0 Å². The molecule has 0 radical (unpaired) electrons. The Morgan fingerprint density at radius 2 is 1.54 bits per heavy atom. The van der Waals surface area contributed by atoms with Crippen LogP contribution >= 0.6 is 0 Å². The van der Waals surface area contributed by atoms with E-state index in [2.05, 4.69) is 12.2 Å². The van der Waals surface area contributed by atoms with Gasteiger partial charge in [-0.3, -0.25) is 0 Å². The first-order valence-corrected chi connectivity index (χ1v) is 6.10. The summed E-state index contributed by atoms with van der Waals surface area (Å²) in [6.45, 7) is 2.41. The van der Waals surface area contributed by atoms with Crippen molar-refractivity contribution in [1.29, 1.82) is 0 Å². The first-order chi connectivity index (χ1) is 6.34. The molecule has 0 aromatic carbocycles. The number of hydrogen-bond donors (Lipinski definition) is 1. The minimum atomic E-state index is 0.854. The van der Waals surface area contributed by atoms with Crippen molar-refractivity contribution in [1.82, 2.24) is 5.32 Å². The van der Waals surface area contributed by atoms with Crippen molar-refractivity contribution >= 4 is 0 Å². The van der Waals surface area contributed by atoms with E-state index >= 15 is 0 Å². The van der Waals surface area contributed by atoms with Crippen LogP contribution in [0.4, 0.5) is 0 Å². The summed E-state index contributed by atoms with van der Waals surface area (Å²) in [6.07, 6.45) is 11.6. The van der Waals surface area contributed by atoms with E-state index in [4.69, 9.17) is 0 Å². The van der Waals surface area contributed by atoms with Gasteiger partial charge in [0, 0.05) is 12.1 Å². The summed E-state index contributed by atoms with van der Waals surface area (Å²) in [6, 6.07) is 1.72. The molecular formula is C12H23N. The molecule has 1 nitrogen and oxygen atoms in total. The van der Waals surface area contributed by atoms with Gasteiger partial charge in [-0.2, -0.15) is 0 Å². The molecule has 0 spiro atoms. The quantitative estimate of drug-likeness (QED) is 0.690. The minimum Gasteiger partial charge on any atom is -0.311 e. The third-order valence-electron chi connectivity index (χ3n) is 3.76. The van der Waals surface area contributed by atoms with E-state index in [0.29, 0.717) is 0 Å². The molecule has 0 saturated heterocycles. The normalized spacial score (nSPS) is 36.7. The number of hydrogen-bond acceptors (Lipinski definition) is 1. The van der Waals surface area contributed by atoms with Crippen LogP contribution in [0.3, 0.4) is 0 Å². The van der Waals surface area contributed by atoms with Crippen LogP contribution in [0.2, 0.25) is 0 Å². The molecule has 0 aromatic heterocycles. The molecule has 76 valence electrons. The molecule has 13 heavy (non-hydrogen) atoms. The second-order valence-electron chi connectivity index (χ2n) is 5.12. The molecule has 2 saturated carbocycles. The minimum absolute atomic E-state index is 0.854. The van der Waals surface area contributed by atoms with E-state index in [1.54, 1.807) is 0 Å². The summed E-state index contributed by atoms with van der Waals surface area (Å²) in [7, 11) is 0. The summed E-state index contributed by atoms with van der Waals surface area (Å²) >= 11 is 0. The number of nitrogens with one attached hydrogen (secondary N) is 1. The molecule has 1 N–H and O–H groups in total. The highest BCUT2D eigenvalue weighted by atomic mass is 15.0. The predicted octanol–water partition coefficient (Wildman–Crippen LogP) is 3.10. The lowest BCUT2D eigenvalue weighted by atomic mass is 9.86. The van der Waals surface area contributed by atoms with Gasteiger partial charge in [0.2, 0.25) is 0 Å². The summed E-state index contributed by atoms with van der Waals surface area (Å²) in [4.78, 5) is 0. The molecule has 2 aliphatic rings. The molecule has 2 aliphatic carbocycles. The van der Waals surface area contributed by atoms with E-state index in [1.807, 2.05) is 0 Å². The highest BCUT2D eigenvalue weighted by Crippen LogP contribution is 2.26. The first kappa shape index (κ1) is 9.51. The second kappa shape index (κ2) is 4.45. The van der Waals surface area contributed by atoms with Crippen molar-refractivity contribution in [2.24, 2.45) is 5.92 Å². The Hall–Kier alpha value is -0.0400. The smallest absolute Gasteiger partial charge is 0.00721 e. The van der Waals surface area contributed by atoms with Gasteiger partial charge in [-0.15, -0.1) is 0 Å². The van der Waals surface area contributed by atoms with Crippen molar-refractivity contribution < 1.29 is 0 Å². The molecule has 2 atom stereocenters. The Labute approximate surface area is 82.3 Å². The van der Waals surface area contributed by atoms with Gasteiger partial charge in [-0.05, 0) is 31.6 Å². The Kier molecular flexibility index (Phi) is 3.26. The average Bonchev–Trinajstić information content (AvgIpc) is 2.57. The molecule has 2 fully saturated rings. The van der Waals surface area contributed by atoms with Crippen molar-refractivity contribution in [2.45, 2.75) is 70.4 Å². The van der Waals surface area contributed by atoms with E-state index in [0.717, 1.165) is 18.0 Å². The van der Waals surface area contributed by atoms with Crippen LogP contribution in [0.15, 0.2) is 0 Å². The van der Waals surface area contributed by atoms with Gasteiger partial charge in [-0.25, -0.2) is 0 Å². The highest BCUT2D eigenvalue weighted by Gasteiger charge is 2.22. The van der Waals surface area contributed by atoms with Gasteiger partial charge < -0.3 is 5.32 Å². The highest BCUT2D eigenvalue weighted by molar-refractivity contribution is 4.82. The number of rotatable bonds is 2. The van der Waals surface area contributed by atoms with Gasteiger partial charge in [0.05, 0.1) is 0 Å². The Balaban J connectivity index is 1.73. The van der Waals surface area contributed by atoms with Gasteiger partial charge >= 0.3 is 0 Å². The lowest BCUT2D eigenvalue weighted by Gasteiger charge is -2.30. The van der Waals surface area contributed by atoms with Crippen LogP contribution in [0.1, 0.15) is 58.3 Å². The maximum absolute atomic E-state index is 3.85. The maximum Gasteiger partial charge on any atom is 0.00721 e. The average molecular weight is 181 g/mol. The predicted molar refractivity (Wildman–Crippen MR) is 56.8 cm³/mol. The molecule has 2 rings (SSSR count). The summed E-state index contributed by atoms with van der Waals surface area (Å²) in [5.74, 6) is 0.965. The zero-order valence-electron chi connectivity index (χ0n) is 8.89. The Morgan fingerprint density at radius 3 is 2.23 bits per heavy atom. The Bertz CT molecular complexity index is 149. The van der Waals surface area contributed by atoms with Crippen LogP contribution < -0.4 is 5.32 Å². The molecule has 1 heteroatoms. The van der Waals surface area contributed by atoms with Gasteiger partial charge in [0.15, 0.2) is 0 Å². The monoisotopic (exact) mass is 181 g/mol. The third-order valence-corrected chi connectivity index (χ3v) is 3.76. The molecular weight excluding hydrogens is 158 g/mol. The first-order valence-electron chi connectivity index (χ1n) is 6.10. The molecule has 0 amide bonds. The van der Waals surface area contributed by atoms with E-state index < -0.39 is 0 Å². The third kappa shape index (κ3) is 2.70. The van der Waals surface area contributed by atoms with Crippen molar-refractivity contribution in [2.75, 3.05) is 0 Å². The van der Waals surface area contributed by atoms with Gasteiger partial charge in [0.1, 0.15) is 0 Å². The summed E-state index contributed by atoms with van der Waals surface area (Å²) < 4.78 is 0. The summed E-state index contributed by atoms with van der Waals surface area (Å²) in [5.41, 5.74) is 0. The van der Waals surface area contributed by atoms with E-state index in [9.17, 15) is 0 Å². The zero-order valence-corrected chi connectivity index (χ0v) is 8.89. The fourth-order valence-electron chi connectivity index (χ4n) is 3.01. The van der Waals surface area contributed by atoms with Crippen LogP contribution in [-0.2, 0) is 0 Å². The van der Waals surface area contributed by atoms with E-state index in [-0.39, 0.29) is 0 Å². The second-order valence-corrected chi connectivity index (χ2v) is 5.12. The molecule has 0 aliphatic heterocycles. The maximum atomic E-state index is 3.85. The van der Waals surface area contributed by atoms with Crippen LogP contribution in [0, 0.1) is 5.92 Å². The fourth-order valence-corrected chi connectivity index (χ4v) is 3.01. The van der Waals surface area contributed by atoms with Crippen LogP contribution in [0.25, 0.3) is 0 Å². The zero-order chi connectivity index (χ0) is 9.10. The lowest BCUT2D eigenvalue weighted by molar-refractivity contribution is 0.280. The largest absolute Gasteiger partial charge is 0.311 e. The van der Waals surface area contributed by atoms with Crippen molar-refractivity contribution in [3.05, 3.63) is 0 Å². The molecule has 0 bridgehead atoms. The van der Waals surface area contributed by atoms with Crippen LogP contribution in [0.5, 0.6) is 0 Å². The van der Waals surface area contributed by atoms with Crippen molar-refractivity contribution in [3.8, 4) is 0 Å². The van der Waals surface area contributed by atoms with Gasteiger partial charge in [0.25, 0.3) is 0 Å². The fraction of sp³-hybridized carbons (Fsp3) is 1.00. The van der Waals surface area contributed by atoms with E-state index in [1.165, 1.54) is 51.4 Å². The Morgan fingerprint density at radius 1 is 0.846 bits per heavy atom. The SMILES string of the molecule is C[C@H]1CCC[C@@H](NC2CCCC2)C1.